The van der Waals surface area contributed by atoms with Gasteiger partial charge in [-0.1, -0.05) is 30.3 Å². The van der Waals surface area contributed by atoms with Gasteiger partial charge in [-0.15, -0.1) is 0 Å². The molecule has 0 fully saturated rings. The summed E-state index contributed by atoms with van der Waals surface area (Å²) in [6.07, 6.45) is 5.44. The van der Waals surface area contributed by atoms with Crippen LogP contribution >= 0.6 is 11.8 Å². The molecule has 4 aromatic rings. The number of benzene rings is 2. The zero-order valence-corrected chi connectivity index (χ0v) is 18.4. The van der Waals surface area contributed by atoms with Crippen LogP contribution in [-0.4, -0.2) is 43.4 Å². The van der Waals surface area contributed by atoms with E-state index in [1.807, 2.05) is 42.5 Å². The summed E-state index contributed by atoms with van der Waals surface area (Å²) in [6.45, 7) is 0.743. The van der Waals surface area contributed by atoms with Gasteiger partial charge < -0.3 is 14.8 Å². The van der Waals surface area contributed by atoms with Gasteiger partial charge in [-0.3, -0.25) is 10.8 Å². The molecule has 0 saturated carbocycles. The first kappa shape index (κ1) is 22.2. The van der Waals surface area contributed by atoms with E-state index in [1.165, 1.54) is 6.33 Å². The Morgan fingerprint density at radius 2 is 1.67 bits per heavy atom. The molecule has 4 rings (SSSR count). The molecule has 2 aromatic carbocycles. The van der Waals surface area contributed by atoms with Gasteiger partial charge in [0.2, 0.25) is 0 Å². The van der Waals surface area contributed by atoms with E-state index in [2.05, 4.69) is 25.3 Å². The molecule has 0 aliphatic carbocycles. The highest BCUT2D eigenvalue weighted by Crippen LogP contribution is 2.18. The smallest absolute Gasteiger partial charge is 0.254 e. The second-order valence-electron chi connectivity index (χ2n) is 6.79. The van der Waals surface area contributed by atoms with E-state index in [-0.39, 0.29) is 16.9 Å². The predicted molar refractivity (Wildman–Crippen MR) is 129 cm³/mol. The normalized spacial score (nSPS) is 10.5. The van der Waals surface area contributed by atoms with E-state index < -0.39 is 0 Å². The second-order valence-corrected chi connectivity index (χ2v) is 7.86. The van der Waals surface area contributed by atoms with Gasteiger partial charge in [0, 0.05) is 18.9 Å². The fourth-order valence-electron chi connectivity index (χ4n) is 2.91. The molecular weight excluding hydrogens is 438 g/mol. The van der Waals surface area contributed by atoms with Crippen molar-refractivity contribution in [1.82, 2.24) is 19.9 Å². The Hall–Kier alpha value is -4.05. The molecule has 3 N–H and O–H groups in total. The lowest BCUT2D eigenvalue weighted by atomic mass is 10.1. The van der Waals surface area contributed by atoms with Crippen molar-refractivity contribution in [1.29, 1.82) is 10.8 Å². The standard InChI is InChI=1S/C23H21N7O2S/c24-19(14-31-17-4-2-1-3-5-17)33-23(25)32-18-8-6-16(7-9-18)10-11-27-21-20-22(30-15-29-21)28-13-12-26-20/h1-9,12-13,15,24-25H,10-11,14H2,(H,27,28,29,30). The molecule has 0 spiro atoms. The Bertz CT molecular complexity index is 1230. The number of anilines is 1. The zero-order chi connectivity index (χ0) is 22.9. The third kappa shape index (κ3) is 6.47. The lowest BCUT2D eigenvalue weighted by Gasteiger charge is -2.10. The van der Waals surface area contributed by atoms with Crippen LogP contribution in [0.4, 0.5) is 5.82 Å². The molecule has 0 aliphatic heterocycles. The average Bonchev–Trinajstić information content (AvgIpc) is 2.84. The number of nitrogens with one attached hydrogen (secondary N) is 3. The molecule has 33 heavy (non-hydrogen) atoms. The maximum absolute atomic E-state index is 7.98. The van der Waals surface area contributed by atoms with Crippen molar-refractivity contribution in [3.8, 4) is 11.5 Å². The second kappa shape index (κ2) is 11.0. The fraction of sp³-hybridized carbons (Fsp3) is 0.130. The number of thioether (sulfide) groups is 1. The number of ether oxygens (including phenoxy) is 2. The summed E-state index contributed by atoms with van der Waals surface area (Å²) in [6, 6.07) is 16.8. The molecule has 0 amide bonds. The topological polar surface area (TPSA) is 130 Å². The van der Waals surface area contributed by atoms with Gasteiger partial charge in [0.05, 0.1) is 0 Å². The molecular formula is C23H21N7O2S. The Kier molecular flexibility index (Phi) is 7.39. The highest BCUT2D eigenvalue weighted by molar-refractivity contribution is 8.26. The SMILES string of the molecule is N=C(COc1ccccc1)SC(=N)Oc1ccc(CCNc2ncnc3nccnc23)cc1. The monoisotopic (exact) mass is 459 g/mol. The van der Waals surface area contributed by atoms with Crippen molar-refractivity contribution in [2.24, 2.45) is 0 Å². The fourth-order valence-corrected chi connectivity index (χ4v) is 3.39. The van der Waals surface area contributed by atoms with Gasteiger partial charge in [0.1, 0.15) is 35.0 Å². The maximum Gasteiger partial charge on any atom is 0.254 e. The van der Waals surface area contributed by atoms with Gasteiger partial charge in [-0.25, -0.2) is 19.9 Å². The maximum atomic E-state index is 7.98. The van der Waals surface area contributed by atoms with Crippen molar-refractivity contribution < 1.29 is 9.47 Å². The number of aromatic nitrogens is 4. The number of nitrogens with zero attached hydrogens (tertiary/aromatic N) is 4. The third-order valence-corrected chi connectivity index (χ3v) is 5.07. The first-order chi connectivity index (χ1) is 16.2. The highest BCUT2D eigenvalue weighted by atomic mass is 32.2. The van der Waals surface area contributed by atoms with Crippen LogP contribution in [0, 0.1) is 10.8 Å². The first-order valence-electron chi connectivity index (χ1n) is 10.1. The number of para-hydroxylation sites is 1. The van der Waals surface area contributed by atoms with Crippen molar-refractivity contribution >= 4 is 39.0 Å². The molecule has 0 aliphatic rings. The van der Waals surface area contributed by atoms with Gasteiger partial charge in [-0.05, 0) is 48.0 Å². The van der Waals surface area contributed by atoms with E-state index in [0.717, 1.165) is 23.7 Å². The van der Waals surface area contributed by atoms with Gasteiger partial charge in [0.15, 0.2) is 11.5 Å². The Balaban J connectivity index is 1.21. The minimum Gasteiger partial charge on any atom is -0.487 e. The number of hydrogen-bond acceptors (Lipinski definition) is 10. The van der Waals surface area contributed by atoms with Crippen LogP contribution in [0.15, 0.2) is 73.3 Å². The molecule has 0 atom stereocenters. The number of rotatable bonds is 8. The third-order valence-electron chi connectivity index (χ3n) is 4.44. The summed E-state index contributed by atoms with van der Waals surface area (Å²) >= 11 is 0.917. The van der Waals surface area contributed by atoms with Crippen LogP contribution in [0.5, 0.6) is 11.5 Å². The molecule has 0 bridgehead atoms. The Morgan fingerprint density at radius 3 is 2.48 bits per heavy atom. The van der Waals surface area contributed by atoms with Crippen LogP contribution in [0.25, 0.3) is 11.2 Å². The first-order valence-corrected chi connectivity index (χ1v) is 10.9. The molecule has 2 heterocycles. The summed E-state index contributed by atoms with van der Waals surface area (Å²) in [7, 11) is 0. The number of fused-ring (bicyclic) bond motifs is 1. The zero-order valence-electron chi connectivity index (χ0n) is 17.6. The lowest BCUT2D eigenvalue weighted by molar-refractivity contribution is 0.378. The quantitative estimate of drug-likeness (QED) is 0.264. The lowest BCUT2D eigenvalue weighted by Crippen LogP contribution is -2.12. The van der Waals surface area contributed by atoms with E-state index in [9.17, 15) is 0 Å². The Labute approximate surface area is 194 Å². The van der Waals surface area contributed by atoms with Crippen LogP contribution in [0.1, 0.15) is 5.56 Å². The van der Waals surface area contributed by atoms with Crippen LogP contribution in [-0.2, 0) is 6.42 Å². The minimum absolute atomic E-state index is 0.0807. The van der Waals surface area contributed by atoms with E-state index >= 15 is 0 Å². The molecule has 0 saturated heterocycles. The van der Waals surface area contributed by atoms with E-state index in [0.29, 0.717) is 35.0 Å². The molecule has 10 heteroatoms. The molecule has 166 valence electrons. The summed E-state index contributed by atoms with van der Waals surface area (Å²) in [5, 5.41) is 19.3. The summed E-state index contributed by atoms with van der Waals surface area (Å²) < 4.78 is 11.0. The van der Waals surface area contributed by atoms with Crippen molar-refractivity contribution in [2.75, 3.05) is 18.5 Å². The Morgan fingerprint density at radius 1 is 0.879 bits per heavy atom. The molecule has 2 aromatic heterocycles. The molecule has 0 unspecified atom stereocenters. The van der Waals surface area contributed by atoms with Gasteiger partial charge in [0.25, 0.3) is 5.23 Å². The summed E-state index contributed by atoms with van der Waals surface area (Å²) in [5.41, 5.74) is 2.29. The van der Waals surface area contributed by atoms with Gasteiger partial charge in [-0.2, -0.15) is 0 Å². The van der Waals surface area contributed by atoms with Crippen molar-refractivity contribution in [3.63, 3.8) is 0 Å². The number of hydrogen-bond donors (Lipinski definition) is 3. The van der Waals surface area contributed by atoms with E-state index in [1.54, 1.807) is 24.5 Å². The summed E-state index contributed by atoms with van der Waals surface area (Å²) in [5.74, 6) is 1.87. The van der Waals surface area contributed by atoms with Crippen molar-refractivity contribution in [3.05, 3.63) is 78.9 Å². The average molecular weight is 460 g/mol. The van der Waals surface area contributed by atoms with Crippen molar-refractivity contribution in [2.45, 2.75) is 6.42 Å². The molecule has 0 radical (unpaired) electrons. The predicted octanol–water partition coefficient (Wildman–Crippen LogP) is 4.18. The van der Waals surface area contributed by atoms with E-state index in [4.69, 9.17) is 20.3 Å². The van der Waals surface area contributed by atoms with Crippen LogP contribution in [0.2, 0.25) is 0 Å². The highest BCUT2D eigenvalue weighted by Gasteiger charge is 2.08. The minimum atomic E-state index is -0.0807. The molecule has 9 nitrogen and oxygen atoms in total. The largest absolute Gasteiger partial charge is 0.487 e. The van der Waals surface area contributed by atoms with Crippen LogP contribution in [0.3, 0.4) is 0 Å². The van der Waals surface area contributed by atoms with Crippen LogP contribution < -0.4 is 14.8 Å². The van der Waals surface area contributed by atoms with Gasteiger partial charge >= 0.3 is 0 Å². The summed E-state index contributed by atoms with van der Waals surface area (Å²) in [4.78, 5) is 16.8.